The number of hydrogen-bond donors (Lipinski definition) is 0. The van der Waals surface area contributed by atoms with Crippen molar-refractivity contribution in [3.8, 4) is 101 Å². The van der Waals surface area contributed by atoms with Crippen molar-refractivity contribution < 1.29 is 0 Å². The summed E-state index contributed by atoms with van der Waals surface area (Å²) in [4.78, 5) is 10.4. The van der Waals surface area contributed by atoms with E-state index in [0.29, 0.717) is 5.82 Å². The second-order valence-electron chi connectivity index (χ2n) is 17.6. The molecule has 0 radical (unpaired) electrons. The summed E-state index contributed by atoms with van der Waals surface area (Å²) in [6.45, 7) is 0. The van der Waals surface area contributed by atoms with Gasteiger partial charge in [-0.2, -0.15) is 0 Å². The van der Waals surface area contributed by atoms with Crippen LogP contribution in [-0.4, -0.2) is 9.97 Å². The van der Waals surface area contributed by atoms with Crippen molar-refractivity contribution in [1.29, 1.82) is 0 Å². The van der Waals surface area contributed by atoms with Crippen LogP contribution in [0.4, 0.5) is 0 Å². The number of hydrogen-bond acceptors (Lipinski definition) is 2. The Morgan fingerprint density at radius 1 is 0.209 bits per heavy atom. The molecule has 2 aliphatic carbocycles. The van der Waals surface area contributed by atoms with Crippen molar-refractivity contribution in [2.24, 2.45) is 0 Å². The van der Waals surface area contributed by atoms with E-state index in [0.717, 1.165) is 44.8 Å². The molecule has 0 unspecified atom stereocenters. The largest absolute Gasteiger partial charge is 0.228 e. The topological polar surface area (TPSA) is 25.8 Å². The average molecular weight is 851 g/mol. The van der Waals surface area contributed by atoms with Gasteiger partial charge in [-0.1, -0.05) is 218 Å². The average Bonchev–Trinajstić information content (AvgIpc) is 3.88. The fraction of sp³-hybridized carbons (Fsp3) is 0.0154. The zero-order valence-corrected chi connectivity index (χ0v) is 36.6. The number of rotatable bonds is 7. The predicted octanol–water partition coefficient (Wildman–Crippen LogP) is 16.5. The summed E-state index contributed by atoms with van der Waals surface area (Å²) in [5.41, 5.74) is 24.3. The van der Waals surface area contributed by atoms with E-state index in [1.54, 1.807) is 0 Å². The van der Waals surface area contributed by atoms with E-state index in [4.69, 9.17) is 9.97 Å². The molecule has 0 bridgehead atoms. The number of aromatic nitrogens is 2. The van der Waals surface area contributed by atoms with Gasteiger partial charge < -0.3 is 0 Å². The van der Waals surface area contributed by atoms with Gasteiger partial charge in [-0.15, -0.1) is 0 Å². The standard InChI is InChI=1S/C65H42N2/c1-4-19-43(20-5-1)46-25-17-29-50(38-46)62-42-63(67-64(66-62)45-23-8-3-9-24-45)51-30-18-27-48(39-51)47-26-16-28-49(37-47)56-41-61-57(40-55(56)44-21-6-2-7-22-44)54-33-12-15-36-60(54)65(61)58-34-13-10-31-52(58)53-32-11-14-35-59(53)65/h1-42H. The third-order valence-electron chi connectivity index (χ3n) is 13.9. The lowest BCUT2D eigenvalue weighted by atomic mass is 9.70. The first-order chi connectivity index (χ1) is 33.2. The maximum absolute atomic E-state index is 5.23. The zero-order valence-electron chi connectivity index (χ0n) is 36.6. The number of nitrogens with zero attached hydrogens (tertiary/aromatic N) is 2. The van der Waals surface area contributed by atoms with Gasteiger partial charge in [0.25, 0.3) is 0 Å². The quantitative estimate of drug-likeness (QED) is 0.160. The van der Waals surface area contributed by atoms with Crippen LogP contribution in [0.15, 0.2) is 255 Å². The Labute approximate surface area is 391 Å². The third-order valence-corrected chi connectivity index (χ3v) is 13.9. The Morgan fingerprint density at radius 2 is 0.582 bits per heavy atom. The van der Waals surface area contributed by atoms with Gasteiger partial charge in [-0.3, -0.25) is 0 Å². The van der Waals surface area contributed by atoms with Crippen LogP contribution in [0.1, 0.15) is 22.3 Å². The smallest absolute Gasteiger partial charge is 0.160 e. The second kappa shape index (κ2) is 15.8. The molecule has 13 rings (SSSR count). The zero-order chi connectivity index (χ0) is 44.3. The number of fused-ring (bicyclic) bond motifs is 10. The minimum Gasteiger partial charge on any atom is -0.228 e. The minimum absolute atomic E-state index is 0.438. The van der Waals surface area contributed by atoms with E-state index in [9.17, 15) is 0 Å². The Bertz CT molecular complexity index is 3640. The van der Waals surface area contributed by atoms with Crippen molar-refractivity contribution >= 4 is 0 Å². The summed E-state index contributed by atoms with van der Waals surface area (Å²) in [7, 11) is 0. The van der Waals surface area contributed by atoms with Crippen LogP contribution in [0.2, 0.25) is 0 Å². The lowest BCUT2D eigenvalue weighted by molar-refractivity contribution is 0.794. The van der Waals surface area contributed by atoms with E-state index < -0.39 is 5.41 Å². The molecule has 2 heteroatoms. The van der Waals surface area contributed by atoms with Crippen LogP contribution in [-0.2, 0) is 5.41 Å². The first kappa shape index (κ1) is 38.7. The van der Waals surface area contributed by atoms with Crippen molar-refractivity contribution in [1.82, 2.24) is 9.97 Å². The van der Waals surface area contributed by atoms with Crippen molar-refractivity contribution in [2.75, 3.05) is 0 Å². The molecule has 2 aliphatic rings. The van der Waals surface area contributed by atoms with Gasteiger partial charge in [0.05, 0.1) is 16.8 Å². The second-order valence-corrected chi connectivity index (χ2v) is 17.6. The first-order valence-corrected chi connectivity index (χ1v) is 23.1. The van der Waals surface area contributed by atoms with Crippen molar-refractivity contribution in [3.63, 3.8) is 0 Å². The van der Waals surface area contributed by atoms with Gasteiger partial charge in [0.2, 0.25) is 0 Å². The van der Waals surface area contributed by atoms with Gasteiger partial charge >= 0.3 is 0 Å². The third kappa shape index (κ3) is 6.33. The Hall–Kier alpha value is -8.72. The molecule has 0 amide bonds. The van der Waals surface area contributed by atoms with Gasteiger partial charge in [-0.25, -0.2) is 9.97 Å². The molecular weight excluding hydrogens is 809 g/mol. The molecule has 0 atom stereocenters. The van der Waals surface area contributed by atoms with Gasteiger partial charge in [0.15, 0.2) is 5.82 Å². The fourth-order valence-corrected chi connectivity index (χ4v) is 10.9. The monoisotopic (exact) mass is 850 g/mol. The van der Waals surface area contributed by atoms with Crippen molar-refractivity contribution in [2.45, 2.75) is 5.41 Å². The van der Waals surface area contributed by atoms with Crippen LogP contribution in [0.5, 0.6) is 0 Å². The highest BCUT2D eigenvalue weighted by molar-refractivity contribution is 5.99. The molecule has 1 heterocycles. The summed E-state index contributed by atoms with van der Waals surface area (Å²) in [6, 6.07) is 92.5. The van der Waals surface area contributed by atoms with Crippen LogP contribution < -0.4 is 0 Å². The van der Waals surface area contributed by atoms with Crippen LogP contribution in [0, 0.1) is 0 Å². The molecule has 2 nitrogen and oxygen atoms in total. The molecule has 67 heavy (non-hydrogen) atoms. The summed E-state index contributed by atoms with van der Waals surface area (Å²) >= 11 is 0. The Balaban J connectivity index is 0.963. The predicted molar refractivity (Wildman–Crippen MR) is 276 cm³/mol. The molecule has 0 saturated carbocycles. The maximum atomic E-state index is 5.23. The lowest BCUT2D eigenvalue weighted by Crippen LogP contribution is -2.25. The highest BCUT2D eigenvalue weighted by atomic mass is 14.9. The molecule has 11 aromatic rings. The van der Waals surface area contributed by atoms with Gasteiger partial charge in [0.1, 0.15) is 0 Å². The molecule has 312 valence electrons. The van der Waals surface area contributed by atoms with Gasteiger partial charge in [0, 0.05) is 16.7 Å². The van der Waals surface area contributed by atoms with Crippen LogP contribution in [0.25, 0.3) is 101 Å². The van der Waals surface area contributed by atoms with Crippen LogP contribution >= 0.6 is 0 Å². The van der Waals surface area contributed by atoms with E-state index in [1.165, 1.54) is 72.3 Å². The summed E-state index contributed by atoms with van der Waals surface area (Å²) in [5.74, 6) is 0.697. The minimum atomic E-state index is -0.438. The first-order valence-electron chi connectivity index (χ1n) is 23.1. The van der Waals surface area contributed by atoms with Crippen LogP contribution in [0.3, 0.4) is 0 Å². The molecular formula is C65H42N2. The Morgan fingerprint density at radius 3 is 1.12 bits per heavy atom. The van der Waals surface area contributed by atoms with Gasteiger partial charge in [-0.05, 0) is 125 Å². The van der Waals surface area contributed by atoms with E-state index in [-0.39, 0.29) is 0 Å². The summed E-state index contributed by atoms with van der Waals surface area (Å²) in [5, 5.41) is 0. The summed E-state index contributed by atoms with van der Waals surface area (Å²) in [6.07, 6.45) is 0. The highest BCUT2D eigenvalue weighted by Gasteiger charge is 2.51. The molecule has 0 aliphatic heterocycles. The Kier molecular flexibility index (Phi) is 9.11. The lowest BCUT2D eigenvalue weighted by Gasteiger charge is -2.31. The molecule has 0 N–H and O–H groups in total. The van der Waals surface area contributed by atoms with E-state index >= 15 is 0 Å². The molecule has 0 fully saturated rings. The summed E-state index contributed by atoms with van der Waals surface area (Å²) < 4.78 is 0. The molecule has 1 aromatic heterocycles. The maximum Gasteiger partial charge on any atom is 0.160 e. The fourth-order valence-electron chi connectivity index (χ4n) is 10.9. The molecule has 10 aromatic carbocycles. The molecule has 1 spiro atoms. The molecule has 0 saturated heterocycles. The normalized spacial score (nSPS) is 12.6. The van der Waals surface area contributed by atoms with E-state index in [2.05, 4.69) is 237 Å². The number of benzene rings is 10. The SMILES string of the molecule is c1ccc(-c2cccc(-c3cc(-c4cccc(-c5cccc(-c6cc7c(cc6-c6ccccc6)-c6ccccc6C76c7ccccc7-c7ccccc76)c5)c4)nc(-c4ccccc4)n3)c2)cc1. The highest BCUT2D eigenvalue weighted by Crippen LogP contribution is 2.63. The van der Waals surface area contributed by atoms with E-state index in [1.807, 2.05) is 18.2 Å². The van der Waals surface area contributed by atoms with Crippen molar-refractivity contribution in [3.05, 3.63) is 277 Å².